The summed E-state index contributed by atoms with van der Waals surface area (Å²) in [6, 6.07) is 0.697. The highest BCUT2D eigenvalue weighted by molar-refractivity contribution is 4.98. The molecule has 0 aromatic carbocycles. The molecule has 18 heavy (non-hydrogen) atoms. The molecule has 106 valence electrons. The van der Waals surface area contributed by atoms with Gasteiger partial charge in [0.05, 0.1) is 6.61 Å². The van der Waals surface area contributed by atoms with E-state index in [1.165, 1.54) is 45.2 Å². The highest BCUT2D eigenvalue weighted by atomic mass is 16.5. The van der Waals surface area contributed by atoms with E-state index in [2.05, 4.69) is 24.1 Å². The molecular formula is C15H30N2O. The standard InChI is InChI=1S/C15H30N2O/c1-3-11-18-12-10-17-13-15(7-4-5-8-15)16-9-6-14(17)2/h14,16H,3-13H2,1-2H3. The van der Waals surface area contributed by atoms with Crippen molar-refractivity contribution in [3.8, 4) is 0 Å². The van der Waals surface area contributed by atoms with Gasteiger partial charge < -0.3 is 10.1 Å². The van der Waals surface area contributed by atoms with Crippen molar-refractivity contribution in [1.82, 2.24) is 10.2 Å². The summed E-state index contributed by atoms with van der Waals surface area (Å²) in [7, 11) is 0. The molecule has 2 rings (SSSR count). The minimum absolute atomic E-state index is 0.426. The number of rotatable bonds is 5. The van der Waals surface area contributed by atoms with E-state index in [-0.39, 0.29) is 0 Å². The van der Waals surface area contributed by atoms with Crippen LogP contribution in [0.2, 0.25) is 0 Å². The molecule has 3 heteroatoms. The molecule has 2 aliphatic rings. The third-order valence-corrected chi connectivity index (χ3v) is 4.62. The van der Waals surface area contributed by atoms with E-state index in [9.17, 15) is 0 Å². The van der Waals surface area contributed by atoms with Crippen LogP contribution in [-0.4, -0.2) is 49.3 Å². The molecule has 0 radical (unpaired) electrons. The predicted molar refractivity (Wildman–Crippen MR) is 76.0 cm³/mol. The van der Waals surface area contributed by atoms with Crippen LogP contribution in [0.25, 0.3) is 0 Å². The van der Waals surface area contributed by atoms with Gasteiger partial charge in [-0.1, -0.05) is 19.8 Å². The number of nitrogens with zero attached hydrogens (tertiary/aromatic N) is 1. The first-order valence-corrected chi connectivity index (χ1v) is 7.82. The maximum absolute atomic E-state index is 5.66. The molecule has 1 saturated heterocycles. The highest BCUT2D eigenvalue weighted by Gasteiger charge is 2.37. The van der Waals surface area contributed by atoms with Crippen molar-refractivity contribution < 1.29 is 4.74 Å². The van der Waals surface area contributed by atoms with Crippen molar-refractivity contribution in [2.24, 2.45) is 0 Å². The molecule has 2 fully saturated rings. The summed E-state index contributed by atoms with van der Waals surface area (Å²) in [6.07, 6.45) is 7.94. The first-order chi connectivity index (χ1) is 8.76. The molecule has 1 spiro atoms. The van der Waals surface area contributed by atoms with E-state index in [0.29, 0.717) is 11.6 Å². The van der Waals surface area contributed by atoms with E-state index in [0.717, 1.165) is 26.2 Å². The molecular weight excluding hydrogens is 224 g/mol. The average molecular weight is 254 g/mol. The fraction of sp³-hybridized carbons (Fsp3) is 1.00. The van der Waals surface area contributed by atoms with Crippen molar-refractivity contribution in [2.75, 3.05) is 32.8 Å². The summed E-state index contributed by atoms with van der Waals surface area (Å²) in [5.41, 5.74) is 0.426. The van der Waals surface area contributed by atoms with Gasteiger partial charge >= 0.3 is 0 Å². The van der Waals surface area contributed by atoms with Crippen molar-refractivity contribution in [1.29, 1.82) is 0 Å². The Morgan fingerprint density at radius 2 is 2.06 bits per heavy atom. The summed E-state index contributed by atoms with van der Waals surface area (Å²) in [4.78, 5) is 2.65. The van der Waals surface area contributed by atoms with Gasteiger partial charge in [-0.15, -0.1) is 0 Å². The van der Waals surface area contributed by atoms with E-state index in [1.807, 2.05) is 0 Å². The minimum Gasteiger partial charge on any atom is -0.380 e. The zero-order valence-corrected chi connectivity index (χ0v) is 12.2. The second kappa shape index (κ2) is 6.88. The van der Waals surface area contributed by atoms with Gasteiger partial charge in [0.2, 0.25) is 0 Å². The Hall–Kier alpha value is -0.120. The molecule has 0 bridgehead atoms. The maximum Gasteiger partial charge on any atom is 0.0593 e. The zero-order valence-electron chi connectivity index (χ0n) is 12.2. The van der Waals surface area contributed by atoms with Gasteiger partial charge in [-0.3, -0.25) is 4.90 Å². The fourth-order valence-electron chi connectivity index (χ4n) is 3.44. The molecule has 1 atom stereocenters. The topological polar surface area (TPSA) is 24.5 Å². The van der Waals surface area contributed by atoms with Crippen LogP contribution in [0.5, 0.6) is 0 Å². The molecule has 3 nitrogen and oxygen atoms in total. The summed E-state index contributed by atoms with van der Waals surface area (Å²) in [5.74, 6) is 0. The van der Waals surface area contributed by atoms with Crippen molar-refractivity contribution >= 4 is 0 Å². The molecule has 0 aromatic rings. The van der Waals surface area contributed by atoms with Crippen molar-refractivity contribution in [2.45, 2.75) is 64.0 Å². The summed E-state index contributed by atoms with van der Waals surface area (Å²) in [5, 5.41) is 3.84. The lowest BCUT2D eigenvalue weighted by Gasteiger charge is -2.35. The monoisotopic (exact) mass is 254 g/mol. The number of nitrogens with one attached hydrogen (secondary N) is 1. The Morgan fingerprint density at radius 3 is 2.78 bits per heavy atom. The summed E-state index contributed by atoms with van der Waals surface area (Å²) < 4.78 is 5.66. The van der Waals surface area contributed by atoms with Crippen LogP contribution in [0.3, 0.4) is 0 Å². The van der Waals surface area contributed by atoms with Crippen LogP contribution in [0, 0.1) is 0 Å². The molecule has 1 aliphatic heterocycles. The molecule has 1 saturated carbocycles. The zero-order chi connectivity index (χ0) is 12.8. The summed E-state index contributed by atoms with van der Waals surface area (Å²) in [6.45, 7) is 9.86. The Balaban J connectivity index is 1.85. The molecule has 1 N–H and O–H groups in total. The summed E-state index contributed by atoms with van der Waals surface area (Å²) >= 11 is 0. The smallest absolute Gasteiger partial charge is 0.0593 e. The first-order valence-electron chi connectivity index (χ1n) is 7.82. The second-order valence-electron chi connectivity index (χ2n) is 6.13. The normalized spacial score (nSPS) is 28.7. The average Bonchev–Trinajstić information content (AvgIpc) is 2.75. The Kier molecular flexibility index (Phi) is 5.46. The van der Waals surface area contributed by atoms with Gasteiger partial charge in [-0.05, 0) is 39.2 Å². The second-order valence-corrected chi connectivity index (χ2v) is 6.13. The van der Waals surface area contributed by atoms with E-state index < -0.39 is 0 Å². The van der Waals surface area contributed by atoms with Gasteiger partial charge in [0.15, 0.2) is 0 Å². The van der Waals surface area contributed by atoms with Crippen LogP contribution in [0.4, 0.5) is 0 Å². The van der Waals surface area contributed by atoms with Gasteiger partial charge in [0.25, 0.3) is 0 Å². The third kappa shape index (κ3) is 3.69. The van der Waals surface area contributed by atoms with Crippen LogP contribution in [0.15, 0.2) is 0 Å². The van der Waals surface area contributed by atoms with Gasteiger partial charge in [-0.25, -0.2) is 0 Å². The largest absolute Gasteiger partial charge is 0.380 e. The lowest BCUT2D eigenvalue weighted by atomic mass is 9.97. The van der Waals surface area contributed by atoms with Crippen LogP contribution >= 0.6 is 0 Å². The van der Waals surface area contributed by atoms with Gasteiger partial charge in [-0.2, -0.15) is 0 Å². The maximum atomic E-state index is 5.66. The molecule has 0 amide bonds. The number of hydrogen-bond donors (Lipinski definition) is 1. The highest BCUT2D eigenvalue weighted by Crippen LogP contribution is 2.32. The molecule has 0 aromatic heterocycles. The van der Waals surface area contributed by atoms with Crippen molar-refractivity contribution in [3.63, 3.8) is 0 Å². The van der Waals surface area contributed by atoms with Gasteiger partial charge in [0.1, 0.15) is 0 Å². The van der Waals surface area contributed by atoms with Crippen LogP contribution in [0.1, 0.15) is 52.4 Å². The van der Waals surface area contributed by atoms with E-state index in [1.54, 1.807) is 0 Å². The van der Waals surface area contributed by atoms with Crippen LogP contribution < -0.4 is 5.32 Å². The Morgan fingerprint density at radius 1 is 1.28 bits per heavy atom. The lowest BCUT2D eigenvalue weighted by Crippen LogP contribution is -2.50. The predicted octanol–water partition coefficient (Wildman–Crippen LogP) is 2.41. The molecule has 1 heterocycles. The molecule has 1 aliphatic carbocycles. The SMILES string of the molecule is CCCOCCN1CC2(CCCC2)NCCC1C. The third-order valence-electron chi connectivity index (χ3n) is 4.62. The quantitative estimate of drug-likeness (QED) is 0.763. The minimum atomic E-state index is 0.426. The Labute approximate surface area is 112 Å². The van der Waals surface area contributed by atoms with E-state index in [4.69, 9.17) is 4.74 Å². The Bertz CT molecular complexity index is 239. The number of hydrogen-bond acceptors (Lipinski definition) is 3. The van der Waals surface area contributed by atoms with Gasteiger partial charge in [0, 0.05) is 31.3 Å². The molecule has 1 unspecified atom stereocenters. The number of ether oxygens (including phenoxy) is 1. The van der Waals surface area contributed by atoms with Crippen molar-refractivity contribution in [3.05, 3.63) is 0 Å². The first kappa shape index (κ1) is 14.3. The van der Waals surface area contributed by atoms with Crippen LogP contribution in [-0.2, 0) is 4.74 Å². The van der Waals surface area contributed by atoms with E-state index >= 15 is 0 Å². The fourth-order valence-corrected chi connectivity index (χ4v) is 3.44. The lowest BCUT2D eigenvalue weighted by molar-refractivity contribution is 0.0808.